The molecule has 0 saturated heterocycles. The van der Waals surface area contributed by atoms with E-state index in [0.29, 0.717) is 17.7 Å². The standard InChI is InChI=1S/C13H16N2O2/c1-5-7-8-11(6-2)15-13(17)12(9-16)10(3)14(15)4/h5-9H,1H2,2-4H3/b8-7-,11-6+. The lowest BCUT2D eigenvalue weighted by Gasteiger charge is -2.08. The summed E-state index contributed by atoms with van der Waals surface area (Å²) in [6, 6.07) is 0. The predicted octanol–water partition coefficient (Wildman–Crippen LogP) is 1.91. The molecule has 0 aliphatic rings. The van der Waals surface area contributed by atoms with E-state index in [9.17, 15) is 9.59 Å². The summed E-state index contributed by atoms with van der Waals surface area (Å²) in [5, 5.41) is 0. The zero-order valence-corrected chi connectivity index (χ0v) is 10.3. The lowest BCUT2D eigenvalue weighted by atomic mass is 10.3. The smallest absolute Gasteiger partial charge is 0.282 e. The van der Waals surface area contributed by atoms with Gasteiger partial charge in [-0.2, -0.15) is 0 Å². The predicted molar refractivity (Wildman–Crippen MR) is 69.1 cm³/mol. The Hall–Kier alpha value is -2.10. The van der Waals surface area contributed by atoms with Gasteiger partial charge in [-0.05, 0) is 19.9 Å². The molecule has 0 unspecified atom stereocenters. The minimum atomic E-state index is -0.304. The van der Waals surface area contributed by atoms with Crippen molar-refractivity contribution in [1.82, 2.24) is 9.36 Å². The van der Waals surface area contributed by atoms with Gasteiger partial charge in [0.2, 0.25) is 0 Å². The molecular formula is C13H16N2O2. The van der Waals surface area contributed by atoms with Crippen LogP contribution in [0, 0.1) is 6.92 Å². The van der Waals surface area contributed by atoms with Gasteiger partial charge in [0.1, 0.15) is 5.56 Å². The second kappa shape index (κ2) is 5.30. The van der Waals surface area contributed by atoms with Crippen LogP contribution >= 0.6 is 0 Å². The lowest BCUT2D eigenvalue weighted by Crippen LogP contribution is -2.21. The lowest BCUT2D eigenvalue weighted by molar-refractivity contribution is 0.112. The van der Waals surface area contributed by atoms with Crippen LogP contribution in [0.5, 0.6) is 0 Å². The number of rotatable bonds is 4. The number of aromatic nitrogens is 2. The normalized spacial score (nSPS) is 12.1. The third-order valence-corrected chi connectivity index (χ3v) is 2.66. The Kier molecular flexibility index (Phi) is 4.04. The first kappa shape index (κ1) is 13.0. The molecule has 0 N–H and O–H groups in total. The van der Waals surface area contributed by atoms with Crippen molar-refractivity contribution in [2.45, 2.75) is 13.8 Å². The molecule has 1 aromatic heterocycles. The van der Waals surface area contributed by atoms with Crippen molar-refractivity contribution in [2.24, 2.45) is 7.05 Å². The molecule has 4 nitrogen and oxygen atoms in total. The first-order valence-electron chi connectivity index (χ1n) is 5.28. The molecule has 1 heterocycles. The Morgan fingerprint density at radius 1 is 1.41 bits per heavy atom. The number of allylic oxidation sites excluding steroid dienone is 5. The molecular weight excluding hydrogens is 216 g/mol. The Morgan fingerprint density at radius 3 is 2.47 bits per heavy atom. The van der Waals surface area contributed by atoms with Gasteiger partial charge in [-0.3, -0.25) is 14.3 Å². The van der Waals surface area contributed by atoms with Gasteiger partial charge in [-0.1, -0.05) is 24.8 Å². The molecule has 0 radical (unpaired) electrons. The van der Waals surface area contributed by atoms with Crippen LogP contribution < -0.4 is 5.56 Å². The first-order chi connectivity index (χ1) is 8.08. The molecule has 90 valence electrons. The van der Waals surface area contributed by atoms with Crippen LogP contribution in [0.3, 0.4) is 0 Å². The molecule has 1 aromatic rings. The highest BCUT2D eigenvalue weighted by molar-refractivity contribution is 5.76. The third kappa shape index (κ3) is 2.20. The molecule has 1 rings (SSSR count). The number of carbonyl (C=O) groups is 1. The summed E-state index contributed by atoms with van der Waals surface area (Å²) < 4.78 is 3.12. The molecule has 0 amide bonds. The van der Waals surface area contributed by atoms with E-state index in [-0.39, 0.29) is 11.1 Å². The molecule has 0 bridgehead atoms. The van der Waals surface area contributed by atoms with Crippen LogP contribution in [0.25, 0.3) is 5.70 Å². The van der Waals surface area contributed by atoms with Gasteiger partial charge in [0.05, 0.1) is 5.70 Å². The molecule has 4 heteroatoms. The minimum absolute atomic E-state index is 0.193. The van der Waals surface area contributed by atoms with E-state index < -0.39 is 0 Å². The number of carbonyl (C=O) groups excluding carboxylic acids is 1. The van der Waals surface area contributed by atoms with Gasteiger partial charge in [0.15, 0.2) is 6.29 Å². The van der Waals surface area contributed by atoms with E-state index >= 15 is 0 Å². The second-order valence-corrected chi connectivity index (χ2v) is 3.57. The molecule has 0 fully saturated rings. The summed E-state index contributed by atoms with van der Waals surface area (Å²) in [6.07, 6.45) is 7.53. The molecule has 0 aliphatic heterocycles. The fraction of sp³-hybridized carbons (Fsp3) is 0.231. The van der Waals surface area contributed by atoms with Gasteiger partial charge >= 0.3 is 0 Å². The monoisotopic (exact) mass is 232 g/mol. The van der Waals surface area contributed by atoms with E-state index in [1.807, 2.05) is 6.92 Å². The van der Waals surface area contributed by atoms with E-state index in [2.05, 4.69) is 6.58 Å². The van der Waals surface area contributed by atoms with E-state index in [1.54, 1.807) is 43.0 Å². The second-order valence-electron chi connectivity index (χ2n) is 3.57. The highest BCUT2D eigenvalue weighted by Crippen LogP contribution is 2.08. The molecule has 0 spiro atoms. The van der Waals surface area contributed by atoms with Crippen molar-refractivity contribution in [2.75, 3.05) is 0 Å². The van der Waals surface area contributed by atoms with Crippen LogP contribution in [0.15, 0.2) is 35.7 Å². The number of nitrogens with zero attached hydrogens (tertiary/aromatic N) is 2. The summed E-state index contributed by atoms with van der Waals surface area (Å²) in [7, 11) is 1.75. The van der Waals surface area contributed by atoms with Crippen molar-refractivity contribution in [3.63, 3.8) is 0 Å². The Balaban J connectivity index is 3.51. The average Bonchev–Trinajstić information content (AvgIpc) is 2.53. The molecule has 0 aromatic carbocycles. The number of aldehydes is 1. The van der Waals surface area contributed by atoms with Crippen molar-refractivity contribution >= 4 is 12.0 Å². The fourth-order valence-corrected chi connectivity index (χ4v) is 1.61. The summed E-state index contributed by atoms with van der Waals surface area (Å²) in [6.45, 7) is 7.15. The quantitative estimate of drug-likeness (QED) is 0.588. The van der Waals surface area contributed by atoms with Crippen molar-refractivity contribution < 1.29 is 4.79 Å². The van der Waals surface area contributed by atoms with Gasteiger partial charge in [-0.15, -0.1) is 0 Å². The maximum absolute atomic E-state index is 12.0. The molecule has 0 saturated carbocycles. The zero-order chi connectivity index (χ0) is 13.0. The summed E-state index contributed by atoms with van der Waals surface area (Å²) >= 11 is 0. The number of hydrogen-bond donors (Lipinski definition) is 0. The topological polar surface area (TPSA) is 44.0 Å². The van der Waals surface area contributed by atoms with Crippen LogP contribution in [0.1, 0.15) is 23.0 Å². The van der Waals surface area contributed by atoms with Crippen LogP contribution in [-0.2, 0) is 7.05 Å². The van der Waals surface area contributed by atoms with Crippen molar-refractivity contribution in [1.29, 1.82) is 0 Å². The SMILES string of the molecule is C=C/C=C\C(=C/C)n1c(=O)c(C=O)c(C)n1C. The molecule has 17 heavy (non-hydrogen) atoms. The minimum Gasteiger partial charge on any atom is -0.298 e. The maximum atomic E-state index is 12.0. The molecule has 0 aliphatic carbocycles. The van der Waals surface area contributed by atoms with Gasteiger partial charge in [0.25, 0.3) is 5.56 Å². The summed E-state index contributed by atoms with van der Waals surface area (Å²) in [4.78, 5) is 22.9. The largest absolute Gasteiger partial charge is 0.298 e. The van der Waals surface area contributed by atoms with E-state index in [1.165, 1.54) is 4.68 Å². The highest BCUT2D eigenvalue weighted by atomic mass is 16.1. The molecule has 0 atom stereocenters. The summed E-state index contributed by atoms with van der Waals surface area (Å²) in [5.41, 5.74) is 1.24. The van der Waals surface area contributed by atoms with Gasteiger partial charge in [-0.25, -0.2) is 4.68 Å². The fourth-order valence-electron chi connectivity index (χ4n) is 1.61. The maximum Gasteiger partial charge on any atom is 0.282 e. The van der Waals surface area contributed by atoms with Crippen LogP contribution in [0.4, 0.5) is 0 Å². The van der Waals surface area contributed by atoms with Crippen LogP contribution in [-0.4, -0.2) is 15.6 Å². The summed E-state index contributed by atoms with van der Waals surface area (Å²) in [5.74, 6) is 0. The Morgan fingerprint density at radius 2 is 2.06 bits per heavy atom. The average molecular weight is 232 g/mol. The van der Waals surface area contributed by atoms with Gasteiger partial charge < -0.3 is 0 Å². The van der Waals surface area contributed by atoms with Crippen molar-refractivity contribution in [3.05, 3.63) is 52.5 Å². The Bertz CT molecular complexity index is 557. The van der Waals surface area contributed by atoms with E-state index in [0.717, 1.165) is 0 Å². The first-order valence-corrected chi connectivity index (χ1v) is 5.28. The van der Waals surface area contributed by atoms with Crippen LogP contribution in [0.2, 0.25) is 0 Å². The van der Waals surface area contributed by atoms with E-state index in [4.69, 9.17) is 0 Å². The number of hydrogen-bond acceptors (Lipinski definition) is 2. The highest BCUT2D eigenvalue weighted by Gasteiger charge is 2.14. The van der Waals surface area contributed by atoms with Crippen molar-refractivity contribution in [3.8, 4) is 0 Å². The Labute approximate surface area is 100 Å². The van der Waals surface area contributed by atoms with Gasteiger partial charge in [0, 0.05) is 12.7 Å². The zero-order valence-electron chi connectivity index (χ0n) is 10.3. The third-order valence-electron chi connectivity index (χ3n) is 2.66.